The van der Waals surface area contributed by atoms with Gasteiger partial charge in [0.1, 0.15) is 0 Å². The van der Waals surface area contributed by atoms with Gasteiger partial charge >= 0.3 is 0 Å². The topological polar surface area (TPSA) is 51.0 Å². The van der Waals surface area contributed by atoms with Crippen LogP contribution >= 0.6 is 0 Å². The van der Waals surface area contributed by atoms with Crippen LogP contribution in [-0.4, -0.2) is 22.3 Å². The zero-order valence-corrected chi connectivity index (χ0v) is 13.3. The van der Waals surface area contributed by atoms with Gasteiger partial charge in [0, 0.05) is 24.4 Å². The standard InChI is InChI=1S/C15H27N3O/c1-13(2,3)16-9-8-10-17-18-12(19-10)11-14(4,5)15(11,6)7/h11,16H,8-9H2,1-7H3. The monoisotopic (exact) mass is 265 g/mol. The van der Waals surface area contributed by atoms with Crippen molar-refractivity contribution in [2.45, 2.75) is 66.3 Å². The molecule has 4 nitrogen and oxygen atoms in total. The molecule has 0 radical (unpaired) electrons. The van der Waals surface area contributed by atoms with E-state index in [9.17, 15) is 0 Å². The van der Waals surface area contributed by atoms with E-state index in [0.717, 1.165) is 24.7 Å². The fourth-order valence-electron chi connectivity index (χ4n) is 2.84. The molecule has 1 N–H and O–H groups in total. The number of nitrogens with one attached hydrogen (secondary N) is 1. The normalized spacial score (nSPS) is 21.6. The van der Waals surface area contributed by atoms with Gasteiger partial charge in [-0.05, 0) is 31.6 Å². The lowest BCUT2D eigenvalue weighted by molar-refractivity contribution is 0.395. The summed E-state index contributed by atoms with van der Waals surface area (Å²) in [7, 11) is 0. The molecule has 1 aromatic rings. The highest BCUT2D eigenvalue weighted by molar-refractivity contribution is 5.24. The van der Waals surface area contributed by atoms with Crippen molar-refractivity contribution >= 4 is 0 Å². The maximum atomic E-state index is 5.83. The first-order chi connectivity index (χ1) is 8.56. The van der Waals surface area contributed by atoms with E-state index in [1.54, 1.807) is 0 Å². The molecule has 1 saturated carbocycles. The second kappa shape index (κ2) is 4.30. The van der Waals surface area contributed by atoms with Crippen LogP contribution in [0, 0.1) is 10.8 Å². The lowest BCUT2D eigenvalue weighted by Gasteiger charge is -2.19. The Labute approximate surface area is 116 Å². The average Bonchev–Trinajstić information content (AvgIpc) is 2.59. The predicted molar refractivity (Wildman–Crippen MR) is 76.1 cm³/mol. The third-order valence-corrected chi connectivity index (χ3v) is 4.74. The lowest BCUT2D eigenvalue weighted by Crippen LogP contribution is -2.37. The van der Waals surface area contributed by atoms with Crippen molar-refractivity contribution in [1.29, 1.82) is 0 Å². The summed E-state index contributed by atoms with van der Waals surface area (Å²) in [5.41, 5.74) is 0.629. The van der Waals surface area contributed by atoms with E-state index < -0.39 is 0 Å². The van der Waals surface area contributed by atoms with Crippen molar-refractivity contribution in [3.05, 3.63) is 11.8 Å². The molecule has 0 saturated heterocycles. The number of rotatable bonds is 4. The number of hydrogen-bond donors (Lipinski definition) is 1. The highest BCUT2D eigenvalue weighted by Crippen LogP contribution is 2.73. The van der Waals surface area contributed by atoms with Crippen molar-refractivity contribution in [1.82, 2.24) is 15.5 Å². The molecule has 4 heteroatoms. The molecule has 1 aliphatic carbocycles. The Balaban J connectivity index is 1.94. The first kappa shape index (κ1) is 14.5. The molecule has 0 aliphatic heterocycles. The lowest BCUT2D eigenvalue weighted by atomic mass is 10.0. The van der Waals surface area contributed by atoms with E-state index >= 15 is 0 Å². The van der Waals surface area contributed by atoms with Gasteiger partial charge in [0.05, 0.1) is 0 Å². The zero-order valence-electron chi connectivity index (χ0n) is 13.3. The number of hydrogen-bond acceptors (Lipinski definition) is 4. The van der Waals surface area contributed by atoms with E-state index in [2.05, 4.69) is 64.0 Å². The molecular weight excluding hydrogens is 238 g/mol. The van der Waals surface area contributed by atoms with E-state index in [-0.39, 0.29) is 16.4 Å². The molecule has 1 fully saturated rings. The van der Waals surface area contributed by atoms with Crippen LogP contribution in [0.1, 0.15) is 66.2 Å². The molecule has 0 unspecified atom stereocenters. The van der Waals surface area contributed by atoms with Gasteiger partial charge in [-0.15, -0.1) is 10.2 Å². The Bertz CT molecular complexity index is 440. The molecule has 0 bridgehead atoms. The molecule has 0 spiro atoms. The van der Waals surface area contributed by atoms with Gasteiger partial charge in [-0.2, -0.15) is 0 Å². The minimum atomic E-state index is 0.128. The number of aromatic nitrogens is 2. The molecule has 2 rings (SSSR count). The summed E-state index contributed by atoms with van der Waals surface area (Å²) in [5, 5.41) is 11.8. The molecule has 108 valence electrons. The second-order valence-electron chi connectivity index (χ2n) is 7.84. The second-order valence-corrected chi connectivity index (χ2v) is 7.84. The fourth-order valence-corrected chi connectivity index (χ4v) is 2.84. The van der Waals surface area contributed by atoms with Crippen molar-refractivity contribution in [3.63, 3.8) is 0 Å². The van der Waals surface area contributed by atoms with Crippen LogP contribution in [0.15, 0.2) is 4.42 Å². The van der Waals surface area contributed by atoms with Crippen LogP contribution < -0.4 is 5.32 Å². The predicted octanol–water partition coefficient (Wildman–Crippen LogP) is 3.15. The van der Waals surface area contributed by atoms with E-state index in [1.807, 2.05) is 0 Å². The first-order valence-electron chi connectivity index (χ1n) is 7.13. The first-order valence-corrected chi connectivity index (χ1v) is 7.13. The fraction of sp³-hybridized carbons (Fsp3) is 0.867. The molecule has 0 aromatic carbocycles. The Morgan fingerprint density at radius 3 is 2.16 bits per heavy atom. The van der Waals surface area contributed by atoms with E-state index in [0.29, 0.717) is 5.92 Å². The maximum Gasteiger partial charge on any atom is 0.220 e. The molecule has 19 heavy (non-hydrogen) atoms. The van der Waals surface area contributed by atoms with Crippen molar-refractivity contribution < 1.29 is 4.42 Å². The molecule has 1 aromatic heterocycles. The van der Waals surface area contributed by atoms with Gasteiger partial charge in [-0.25, -0.2) is 0 Å². The minimum absolute atomic E-state index is 0.128. The molecule has 1 aliphatic rings. The van der Waals surface area contributed by atoms with E-state index in [1.165, 1.54) is 0 Å². The highest BCUT2D eigenvalue weighted by atomic mass is 16.4. The summed E-state index contributed by atoms with van der Waals surface area (Å²) in [5.74, 6) is 1.93. The smallest absolute Gasteiger partial charge is 0.220 e. The minimum Gasteiger partial charge on any atom is -0.425 e. The summed E-state index contributed by atoms with van der Waals surface area (Å²) in [6, 6.07) is 0. The quantitative estimate of drug-likeness (QED) is 0.908. The SMILES string of the molecule is CC(C)(C)NCCc1nnc(C2C(C)(C)C2(C)C)o1. The van der Waals surface area contributed by atoms with Crippen LogP contribution in [0.5, 0.6) is 0 Å². The van der Waals surface area contributed by atoms with Gasteiger partial charge in [-0.3, -0.25) is 0 Å². The number of nitrogens with zero attached hydrogens (tertiary/aromatic N) is 2. The Morgan fingerprint density at radius 1 is 1.11 bits per heavy atom. The van der Waals surface area contributed by atoms with Crippen LogP contribution in [0.25, 0.3) is 0 Å². The summed E-state index contributed by atoms with van der Waals surface area (Å²) in [6.07, 6.45) is 0.790. The van der Waals surface area contributed by atoms with Crippen LogP contribution in [0.3, 0.4) is 0 Å². The molecule has 0 atom stereocenters. The summed E-state index contributed by atoms with van der Waals surface area (Å²) in [6.45, 7) is 16.4. The van der Waals surface area contributed by atoms with E-state index in [4.69, 9.17) is 4.42 Å². The third kappa shape index (κ3) is 2.69. The largest absolute Gasteiger partial charge is 0.425 e. The van der Waals surface area contributed by atoms with Crippen LogP contribution in [0.4, 0.5) is 0 Å². The molecular formula is C15H27N3O. The Hall–Kier alpha value is -0.900. The maximum absolute atomic E-state index is 5.83. The summed E-state index contributed by atoms with van der Waals surface area (Å²) < 4.78 is 5.83. The van der Waals surface area contributed by atoms with Crippen molar-refractivity contribution in [3.8, 4) is 0 Å². The zero-order chi connectivity index (χ0) is 14.5. The van der Waals surface area contributed by atoms with Crippen molar-refractivity contribution in [2.75, 3.05) is 6.54 Å². The van der Waals surface area contributed by atoms with Gasteiger partial charge in [0.2, 0.25) is 11.8 Å². The van der Waals surface area contributed by atoms with Gasteiger partial charge < -0.3 is 9.73 Å². The summed E-state index contributed by atoms with van der Waals surface area (Å²) >= 11 is 0. The molecule has 1 heterocycles. The van der Waals surface area contributed by atoms with Gasteiger partial charge in [0.25, 0.3) is 0 Å². The third-order valence-electron chi connectivity index (χ3n) is 4.74. The molecule has 0 amide bonds. The van der Waals surface area contributed by atoms with Crippen LogP contribution in [-0.2, 0) is 6.42 Å². The van der Waals surface area contributed by atoms with Crippen LogP contribution in [0.2, 0.25) is 0 Å². The Morgan fingerprint density at radius 2 is 1.68 bits per heavy atom. The summed E-state index contributed by atoms with van der Waals surface area (Å²) in [4.78, 5) is 0. The highest BCUT2D eigenvalue weighted by Gasteiger charge is 2.67. The van der Waals surface area contributed by atoms with Crippen molar-refractivity contribution in [2.24, 2.45) is 10.8 Å². The van der Waals surface area contributed by atoms with Gasteiger partial charge in [0.15, 0.2) is 0 Å². The Kier molecular flexibility index (Phi) is 3.28. The average molecular weight is 265 g/mol. The van der Waals surface area contributed by atoms with Gasteiger partial charge in [-0.1, -0.05) is 27.7 Å².